The lowest BCUT2D eigenvalue weighted by molar-refractivity contribution is 0.0600. The van der Waals surface area contributed by atoms with Gasteiger partial charge < -0.3 is 4.74 Å². The summed E-state index contributed by atoms with van der Waals surface area (Å²) in [6.07, 6.45) is 5.22. The Morgan fingerprint density at radius 2 is 2.50 bits per heavy atom. The molecule has 0 aliphatic carbocycles. The summed E-state index contributed by atoms with van der Waals surface area (Å²) in [5.74, 6) is 3.66. The average molecular weight is 291 g/mol. The van der Waals surface area contributed by atoms with E-state index in [-0.39, 0.29) is 5.97 Å². The summed E-state index contributed by atoms with van der Waals surface area (Å²) in [6, 6.07) is 3.42. The third-order valence-corrected chi connectivity index (χ3v) is 4.81. The molecule has 1 aliphatic heterocycles. The van der Waals surface area contributed by atoms with Crippen molar-refractivity contribution < 1.29 is 9.53 Å². The van der Waals surface area contributed by atoms with Gasteiger partial charge in [0.25, 0.3) is 0 Å². The van der Waals surface area contributed by atoms with Gasteiger partial charge in [0.2, 0.25) is 0 Å². The summed E-state index contributed by atoms with van der Waals surface area (Å²) in [4.78, 5) is 16.0. The van der Waals surface area contributed by atoms with E-state index in [1.165, 1.54) is 31.5 Å². The van der Waals surface area contributed by atoms with Crippen molar-refractivity contribution >= 4 is 23.4 Å². The van der Waals surface area contributed by atoms with Crippen LogP contribution < -0.4 is 0 Å². The number of hydrogen-bond acceptors (Lipinski definition) is 5. The Kier molecular flexibility index (Phi) is 3.91. The van der Waals surface area contributed by atoms with E-state index in [0.717, 1.165) is 12.2 Å². The van der Waals surface area contributed by atoms with Crippen molar-refractivity contribution in [2.75, 3.05) is 18.6 Å². The maximum Gasteiger partial charge on any atom is 0.338 e. The highest BCUT2D eigenvalue weighted by Crippen LogP contribution is 2.25. The molecule has 20 heavy (non-hydrogen) atoms. The van der Waals surface area contributed by atoms with Gasteiger partial charge in [0, 0.05) is 12.6 Å². The smallest absolute Gasteiger partial charge is 0.338 e. The number of esters is 1. The number of carbonyl (C=O) groups is 1. The Morgan fingerprint density at radius 3 is 3.25 bits per heavy atom. The number of aromatic nitrogens is 3. The second-order valence-electron chi connectivity index (χ2n) is 5.03. The van der Waals surface area contributed by atoms with E-state index in [9.17, 15) is 4.79 Å². The quantitative estimate of drug-likeness (QED) is 0.811. The van der Waals surface area contributed by atoms with Gasteiger partial charge in [-0.1, -0.05) is 0 Å². The van der Waals surface area contributed by atoms with Crippen molar-refractivity contribution in [1.82, 2.24) is 14.6 Å². The van der Waals surface area contributed by atoms with Gasteiger partial charge in [0.05, 0.1) is 12.7 Å². The third-order valence-electron chi connectivity index (χ3n) is 3.53. The summed E-state index contributed by atoms with van der Waals surface area (Å²) < 4.78 is 6.43. The molecule has 6 heteroatoms. The minimum Gasteiger partial charge on any atom is -0.465 e. The number of carbonyl (C=O) groups excluding carboxylic acids is 1. The number of fused-ring (bicyclic) bond motifs is 1. The fourth-order valence-electron chi connectivity index (χ4n) is 2.49. The molecule has 0 amide bonds. The topological polar surface area (TPSA) is 56.5 Å². The van der Waals surface area contributed by atoms with Crippen LogP contribution in [0.15, 0.2) is 18.3 Å². The van der Waals surface area contributed by atoms with Crippen LogP contribution in [0.1, 0.15) is 29.0 Å². The molecule has 0 aromatic carbocycles. The van der Waals surface area contributed by atoms with Crippen LogP contribution in [-0.2, 0) is 11.2 Å². The van der Waals surface area contributed by atoms with Crippen molar-refractivity contribution in [1.29, 1.82) is 0 Å². The molecule has 3 rings (SSSR count). The number of rotatable bonds is 3. The SMILES string of the molecule is COC(=O)c1ccn2nc(CC3CCCSC3)nc2c1. The van der Waals surface area contributed by atoms with Gasteiger partial charge in [-0.2, -0.15) is 16.9 Å². The molecule has 2 aromatic heterocycles. The number of methoxy groups -OCH3 is 1. The van der Waals surface area contributed by atoms with Gasteiger partial charge in [0.1, 0.15) is 0 Å². The molecule has 0 N–H and O–H groups in total. The summed E-state index contributed by atoms with van der Waals surface area (Å²) in [7, 11) is 1.38. The minimum absolute atomic E-state index is 0.347. The maximum atomic E-state index is 11.5. The molecule has 1 fully saturated rings. The number of thioether (sulfide) groups is 1. The van der Waals surface area contributed by atoms with E-state index in [1.807, 2.05) is 11.8 Å². The molecule has 106 valence electrons. The van der Waals surface area contributed by atoms with Crippen LogP contribution in [0.4, 0.5) is 0 Å². The fourth-order valence-corrected chi connectivity index (χ4v) is 3.64. The molecule has 0 saturated carbocycles. The summed E-state index contributed by atoms with van der Waals surface area (Å²) in [5, 5.41) is 4.48. The summed E-state index contributed by atoms with van der Waals surface area (Å²) >= 11 is 2.01. The van der Waals surface area contributed by atoms with E-state index in [1.54, 1.807) is 22.8 Å². The Morgan fingerprint density at radius 1 is 1.60 bits per heavy atom. The zero-order valence-electron chi connectivity index (χ0n) is 11.4. The van der Waals surface area contributed by atoms with Gasteiger partial charge in [-0.3, -0.25) is 0 Å². The standard InChI is InChI=1S/C14H17N3O2S/c1-19-14(18)11-4-5-17-13(8-11)15-12(16-17)7-10-3-2-6-20-9-10/h4-5,8,10H,2-3,6-7,9H2,1H3. The molecule has 1 aliphatic rings. The largest absolute Gasteiger partial charge is 0.465 e. The highest BCUT2D eigenvalue weighted by molar-refractivity contribution is 7.99. The maximum absolute atomic E-state index is 11.5. The lowest BCUT2D eigenvalue weighted by Gasteiger charge is -2.19. The van der Waals surface area contributed by atoms with Crippen LogP contribution in [0.25, 0.3) is 5.65 Å². The first-order chi connectivity index (χ1) is 9.76. The summed E-state index contributed by atoms with van der Waals surface area (Å²) in [6.45, 7) is 0. The van der Waals surface area contributed by atoms with E-state index in [0.29, 0.717) is 17.1 Å². The molecular weight excluding hydrogens is 274 g/mol. The molecule has 2 aromatic rings. The zero-order valence-corrected chi connectivity index (χ0v) is 12.2. The second-order valence-corrected chi connectivity index (χ2v) is 6.17. The molecule has 1 saturated heterocycles. The van der Waals surface area contributed by atoms with Gasteiger partial charge in [-0.15, -0.1) is 0 Å². The monoisotopic (exact) mass is 291 g/mol. The van der Waals surface area contributed by atoms with Crippen LogP contribution in [-0.4, -0.2) is 39.2 Å². The van der Waals surface area contributed by atoms with Crippen molar-refractivity contribution in [3.63, 3.8) is 0 Å². The van der Waals surface area contributed by atoms with Crippen molar-refractivity contribution in [3.05, 3.63) is 29.7 Å². The van der Waals surface area contributed by atoms with Crippen LogP contribution in [0.3, 0.4) is 0 Å². The fraction of sp³-hybridized carbons (Fsp3) is 0.500. The normalized spacial score (nSPS) is 19.1. The Bertz CT molecular complexity index is 620. The second kappa shape index (κ2) is 5.83. The van der Waals surface area contributed by atoms with Crippen LogP contribution in [0.2, 0.25) is 0 Å². The van der Waals surface area contributed by atoms with Crippen molar-refractivity contribution in [3.8, 4) is 0 Å². The first kappa shape index (κ1) is 13.4. The first-order valence-electron chi connectivity index (χ1n) is 6.77. The van der Waals surface area contributed by atoms with Crippen LogP contribution in [0.5, 0.6) is 0 Å². The molecule has 0 radical (unpaired) electrons. The van der Waals surface area contributed by atoms with Gasteiger partial charge in [-0.05, 0) is 42.4 Å². The van der Waals surface area contributed by atoms with Crippen molar-refractivity contribution in [2.45, 2.75) is 19.3 Å². The number of pyridine rings is 1. The van der Waals surface area contributed by atoms with Crippen LogP contribution >= 0.6 is 11.8 Å². The third kappa shape index (κ3) is 2.80. The zero-order chi connectivity index (χ0) is 13.9. The summed E-state index contributed by atoms with van der Waals surface area (Å²) in [5.41, 5.74) is 1.21. The predicted molar refractivity (Wildman–Crippen MR) is 78.1 cm³/mol. The predicted octanol–water partition coefficient (Wildman–Crippen LogP) is 2.20. The molecule has 5 nitrogen and oxygen atoms in total. The molecule has 1 atom stereocenters. The van der Waals surface area contributed by atoms with E-state index in [2.05, 4.69) is 10.1 Å². The molecule has 3 heterocycles. The van der Waals surface area contributed by atoms with Crippen LogP contribution in [0, 0.1) is 5.92 Å². The molecule has 0 bridgehead atoms. The Balaban J connectivity index is 1.81. The first-order valence-corrected chi connectivity index (χ1v) is 7.93. The van der Waals surface area contributed by atoms with E-state index < -0.39 is 0 Å². The van der Waals surface area contributed by atoms with Gasteiger partial charge in [0.15, 0.2) is 11.5 Å². The number of hydrogen-bond donors (Lipinski definition) is 0. The Labute approximate surface area is 121 Å². The highest BCUT2D eigenvalue weighted by atomic mass is 32.2. The molecule has 1 unspecified atom stereocenters. The van der Waals surface area contributed by atoms with Gasteiger partial charge in [-0.25, -0.2) is 14.3 Å². The highest BCUT2D eigenvalue weighted by Gasteiger charge is 2.17. The van der Waals surface area contributed by atoms with E-state index >= 15 is 0 Å². The Hall–Kier alpha value is -1.56. The molecular formula is C14H17N3O2S. The lowest BCUT2D eigenvalue weighted by atomic mass is 10.0. The van der Waals surface area contributed by atoms with Gasteiger partial charge >= 0.3 is 5.97 Å². The minimum atomic E-state index is -0.347. The molecule has 0 spiro atoms. The lowest BCUT2D eigenvalue weighted by Crippen LogP contribution is -2.13. The number of ether oxygens (including phenoxy) is 1. The van der Waals surface area contributed by atoms with E-state index in [4.69, 9.17) is 4.74 Å². The average Bonchev–Trinajstić information content (AvgIpc) is 2.88. The number of nitrogens with zero attached hydrogens (tertiary/aromatic N) is 3. The van der Waals surface area contributed by atoms with Crippen molar-refractivity contribution in [2.24, 2.45) is 5.92 Å².